The van der Waals surface area contributed by atoms with Gasteiger partial charge < -0.3 is 14.8 Å². The number of benzene rings is 2. The number of methoxy groups -OCH3 is 1. The predicted molar refractivity (Wildman–Crippen MR) is 126 cm³/mol. The number of amides is 2. The largest absolute Gasteiger partial charge is 0.493 e. The Morgan fingerprint density at radius 1 is 1.20 bits per heavy atom. The zero-order chi connectivity index (χ0) is 22.1. The molecule has 2 N–H and O–H groups in total. The fourth-order valence-electron chi connectivity index (χ4n) is 2.67. The predicted octanol–water partition coefficient (Wildman–Crippen LogP) is 4.13. The van der Waals surface area contributed by atoms with Crippen LogP contribution in [-0.2, 0) is 16.0 Å². The van der Waals surface area contributed by atoms with E-state index in [2.05, 4.69) is 38.4 Å². The molecule has 0 fully saturated rings. The molecule has 30 heavy (non-hydrogen) atoms. The van der Waals surface area contributed by atoms with Gasteiger partial charge in [0.1, 0.15) is 6.42 Å². The van der Waals surface area contributed by atoms with Crippen molar-refractivity contribution in [2.75, 3.05) is 12.4 Å². The lowest BCUT2D eigenvalue weighted by Crippen LogP contribution is -2.25. The van der Waals surface area contributed by atoms with Crippen molar-refractivity contribution >= 4 is 46.3 Å². The summed E-state index contributed by atoms with van der Waals surface area (Å²) in [5.74, 6) is 0.352. The summed E-state index contributed by atoms with van der Waals surface area (Å²) in [6.45, 7) is 5.89. The molecule has 0 heterocycles. The van der Waals surface area contributed by atoms with Gasteiger partial charge in [-0.1, -0.05) is 25.1 Å². The second-order valence-electron chi connectivity index (χ2n) is 6.73. The summed E-state index contributed by atoms with van der Waals surface area (Å²) in [5, 5.41) is 6.70. The van der Waals surface area contributed by atoms with Gasteiger partial charge in [0, 0.05) is 5.69 Å². The zero-order valence-corrected chi connectivity index (χ0v) is 19.6. The van der Waals surface area contributed by atoms with Crippen molar-refractivity contribution < 1.29 is 19.1 Å². The summed E-state index contributed by atoms with van der Waals surface area (Å²) in [4.78, 5) is 24.1. The normalized spacial score (nSPS) is 10.9. The van der Waals surface area contributed by atoms with Crippen LogP contribution in [0.5, 0.6) is 11.5 Å². The highest BCUT2D eigenvalue weighted by Crippen LogP contribution is 2.34. The maximum Gasteiger partial charge on any atom is 0.249 e. The third kappa shape index (κ3) is 7.01. The molecule has 0 aromatic heterocycles. The highest BCUT2D eigenvalue weighted by Gasteiger charge is 2.13. The number of nitrogens with zero attached hydrogens (tertiary/aromatic N) is 1. The van der Waals surface area contributed by atoms with Gasteiger partial charge in [-0.2, -0.15) is 5.10 Å². The maximum atomic E-state index is 12.1. The van der Waals surface area contributed by atoms with E-state index in [1.807, 2.05) is 51.1 Å². The fraction of sp³-hybridized carbons (Fsp3) is 0.318. The number of nitrogens with one attached hydrogen (secondary N) is 2. The van der Waals surface area contributed by atoms with E-state index in [-0.39, 0.29) is 12.5 Å². The molecule has 0 bridgehead atoms. The molecule has 2 amide bonds. The number of rotatable bonds is 9. The Labute approximate surface area is 190 Å². The van der Waals surface area contributed by atoms with Gasteiger partial charge in [-0.25, -0.2) is 5.43 Å². The fourth-order valence-corrected chi connectivity index (χ4v) is 3.43. The van der Waals surface area contributed by atoms with Crippen molar-refractivity contribution in [2.24, 2.45) is 5.10 Å². The average molecular weight is 523 g/mol. The summed E-state index contributed by atoms with van der Waals surface area (Å²) in [6.07, 6.45) is 1.97. The van der Waals surface area contributed by atoms with Crippen molar-refractivity contribution in [1.82, 2.24) is 5.43 Å². The van der Waals surface area contributed by atoms with Crippen LogP contribution in [0.25, 0.3) is 0 Å². The van der Waals surface area contributed by atoms with Gasteiger partial charge in [0.2, 0.25) is 11.8 Å². The van der Waals surface area contributed by atoms with Crippen LogP contribution in [0, 0.1) is 3.57 Å². The molecule has 0 atom stereocenters. The molecule has 8 heteroatoms. The van der Waals surface area contributed by atoms with Crippen LogP contribution in [0.3, 0.4) is 0 Å². The minimum atomic E-state index is -0.501. The van der Waals surface area contributed by atoms with Crippen LogP contribution < -0.4 is 20.2 Å². The molecule has 2 aromatic rings. The number of hydrogen-bond donors (Lipinski definition) is 2. The lowest BCUT2D eigenvalue weighted by atomic mass is 10.1. The van der Waals surface area contributed by atoms with E-state index in [0.29, 0.717) is 17.2 Å². The van der Waals surface area contributed by atoms with Crippen LogP contribution in [0.1, 0.15) is 38.3 Å². The van der Waals surface area contributed by atoms with Crippen LogP contribution in [0.4, 0.5) is 5.69 Å². The lowest BCUT2D eigenvalue weighted by Gasteiger charge is -2.15. The van der Waals surface area contributed by atoms with Crippen molar-refractivity contribution in [3.63, 3.8) is 0 Å². The Bertz CT molecular complexity index is 929. The summed E-state index contributed by atoms with van der Waals surface area (Å²) in [6, 6.07) is 11.1. The molecule has 7 nitrogen and oxygen atoms in total. The first-order chi connectivity index (χ1) is 14.3. The van der Waals surface area contributed by atoms with Gasteiger partial charge in [-0.05, 0) is 72.2 Å². The molecule has 0 aliphatic carbocycles. The van der Waals surface area contributed by atoms with Crippen LogP contribution >= 0.6 is 22.6 Å². The number of carbonyl (C=O) groups is 2. The van der Waals surface area contributed by atoms with Gasteiger partial charge >= 0.3 is 0 Å². The molecule has 0 radical (unpaired) electrons. The SMILES string of the molecule is CCc1ccccc1NC(=O)CC(=O)NN=Cc1cc(I)c(OC(C)C)c(OC)c1. The Morgan fingerprint density at radius 3 is 2.60 bits per heavy atom. The summed E-state index contributed by atoms with van der Waals surface area (Å²) in [5.41, 5.74) is 4.83. The summed E-state index contributed by atoms with van der Waals surface area (Å²) >= 11 is 2.16. The molecular weight excluding hydrogens is 497 g/mol. The molecule has 0 saturated heterocycles. The second-order valence-corrected chi connectivity index (χ2v) is 7.89. The number of hydrazone groups is 1. The molecule has 2 rings (SSSR count). The van der Waals surface area contributed by atoms with Crippen molar-refractivity contribution in [1.29, 1.82) is 0 Å². The third-order valence-electron chi connectivity index (χ3n) is 4.00. The number of carbonyl (C=O) groups excluding carboxylic acids is 2. The van der Waals surface area contributed by atoms with Crippen LogP contribution in [-0.4, -0.2) is 31.2 Å². The topological polar surface area (TPSA) is 89.0 Å². The zero-order valence-electron chi connectivity index (χ0n) is 17.5. The first-order valence-electron chi connectivity index (χ1n) is 9.57. The number of hydrogen-bond acceptors (Lipinski definition) is 5. The first-order valence-corrected chi connectivity index (χ1v) is 10.7. The lowest BCUT2D eigenvalue weighted by molar-refractivity contribution is -0.126. The van der Waals surface area contributed by atoms with Crippen LogP contribution in [0.15, 0.2) is 41.5 Å². The maximum absolute atomic E-state index is 12.1. The molecule has 0 saturated carbocycles. The Morgan fingerprint density at radius 2 is 1.93 bits per heavy atom. The quantitative estimate of drug-likeness (QED) is 0.224. The van der Waals surface area contributed by atoms with E-state index in [1.165, 1.54) is 6.21 Å². The highest BCUT2D eigenvalue weighted by molar-refractivity contribution is 14.1. The van der Waals surface area contributed by atoms with Gasteiger partial charge in [0.15, 0.2) is 11.5 Å². The minimum absolute atomic E-state index is 0.0154. The van der Waals surface area contributed by atoms with Gasteiger partial charge in [-0.15, -0.1) is 0 Å². The smallest absolute Gasteiger partial charge is 0.249 e. The third-order valence-corrected chi connectivity index (χ3v) is 4.80. The van der Waals surface area contributed by atoms with Crippen molar-refractivity contribution in [3.05, 3.63) is 51.1 Å². The second kappa shape index (κ2) is 11.5. The molecular formula is C22H26IN3O4. The van der Waals surface area contributed by atoms with Crippen molar-refractivity contribution in [2.45, 2.75) is 39.7 Å². The molecule has 0 aliphatic heterocycles. The molecule has 0 unspecified atom stereocenters. The molecule has 2 aromatic carbocycles. The van der Waals surface area contributed by atoms with Gasteiger partial charge in [0.05, 0.1) is 23.0 Å². The number of ether oxygens (including phenoxy) is 2. The van der Waals surface area contributed by atoms with E-state index >= 15 is 0 Å². The molecule has 0 spiro atoms. The van der Waals surface area contributed by atoms with E-state index in [9.17, 15) is 9.59 Å². The number of anilines is 1. The average Bonchev–Trinajstić information content (AvgIpc) is 2.69. The number of halogens is 1. The highest BCUT2D eigenvalue weighted by atomic mass is 127. The van der Waals surface area contributed by atoms with E-state index in [0.717, 1.165) is 21.1 Å². The van der Waals surface area contributed by atoms with E-state index in [4.69, 9.17) is 9.47 Å². The Hall–Kier alpha value is -2.62. The minimum Gasteiger partial charge on any atom is -0.493 e. The molecule has 0 aliphatic rings. The Balaban J connectivity index is 1.95. The van der Waals surface area contributed by atoms with E-state index < -0.39 is 11.8 Å². The summed E-state index contributed by atoms with van der Waals surface area (Å²) < 4.78 is 12.0. The van der Waals surface area contributed by atoms with E-state index in [1.54, 1.807) is 13.2 Å². The monoisotopic (exact) mass is 523 g/mol. The van der Waals surface area contributed by atoms with Gasteiger partial charge in [0.25, 0.3) is 0 Å². The van der Waals surface area contributed by atoms with Gasteiger partial charge in [-0.3, -0.25) is 9.59 Å². The standard InChI is InChI=1S/C22H26IN3O4/c1-5-16-8-6-7-9-18(16)25-20(27)12-21(28)26-24-13-15-10-17(23)22(30-14(2)3)19(11-15)29-4/h6-11,13-14H,5,12H2,1-4H3,(H,25,27)(H,26,28). The van der Waals surface area contributed by atoms with Crippen LogP contribution in [0.2, 0.25) is 0 Å². The first kappa shape index (κ1) is 23.7. The molecule has 160 valence electrons. The summed E-state index contributed by atoms with van der Waals surface area (Å²) in [7, 11) is 1.57. The Kier molecular flexibility index (Phi) is 9.10. The van der Waals surface area contributed by atoms with Crippen molar-refractivity contribution in [3.8, 4) is 11.5 Å². The number of aryl methyl sites for hydroxylation is 1. The number of para-hydroxylation sites is 1.